The highest BCUT2D eigenvalue weighted by molar-refractivity contribution is 7.89. The number of nitrogens with zero attached hydrogens (tertiary/aromatic N) is 2. The molecule has 8 N–H and O–H groups in total. The number of aliphatic imine (C=N–C) groups is 1. The molecular formula is C23H38N6O5S. The zero-order valence-electron chi connectivity index (χ0n) is 20.4. The van der Waals surface area contributed by atoms with Crippen molar-refractivity contribution in [2.24, 2.45) is 28.3 Å². The van der Waals surface area contributed by atoms with Gasteiger partial charge in [-0.05, 0) is 55.6 Å². The quantitative estimate of drug-likeness (QED) is 0.148. The van der Waals surface area contributed by atoms with Crippen LogP contribution in [0.4, 0.5) is 5.69 Å². The van der Waals surface area contributed by atoms with Crippen LogP contribution in [0.1, 0.15) is 45.1 Å². The molecule has 0 spiro atoms. The molecule has 2 aliphatic rings. The number of sulfonamides is 1. The molecule has 0 saturated carbocycles. The third kappa shape index (κ3) is 6.84. The lowest BCUT2D eigenvalue weighted by Gasteiger charge is -2.41. The van der Waals surface area contributed by atoms with Crippen LogP contribution in [0.15, 0.2) is 28.1 Å². The number of guanidine groups is 1. The van der Waals surface area contributed by atoms with E-state index in [0.717, 1.165) is 12.0 Å². The second-order valence-electron chi connectivity index (χ2n) is 9.79. The Kier molecular flexibility index (Phi) is 8.97. The monoisotopic (exact) mass is 510 g/mol. The number of para-hydroxylation sites is 1. The van der Waals surface area contributed by atoms with Gasteiger partial charge in [-0.3, -0.25) is 14.7 Å². The summed E-state index contributed by atoms with van der Waals surface area (Å²) in [6.07, 6.45) is 1.14. The van der Waals surface area contributed by atoms with Gasteiger partial charge in [0.05, 0.1) is 11.7 Å². The molecule has 1 saturated heterocycles. The molecule has 0 amide bonds. The number of piperidine rings is 1. The highest BCUT2D eigenvalue weighted by Gasteiger charge is 2.39. The molecule has 3 rings (SSSR count). The molecule has 196 valence electrons. The minimum Gasteiger partial charge on any atom is -0.480 e. The van der Waals surface area contributed by atoms with Gasteiger partial charge in [-0.25, -0.2) is 13.1 Å². The van der Waals surface area contributed by atoms with E-state index < -0.39 is 34.3 Å². The van der Waals surface area contributed by atoms with E-state index in [-0.39, 0.29) is 29.7 Å². The number of nitrogens with two attached hydrogens (primary N) is 2. The van der Waals surface area contributed by atoms with Crippen molar-refractivity contribution in [2.45, 2.75) is 69.2 Å². The van der Waals surface area contributed by atoms with Crippen LogP contribution in [0.3, 0.4) is 0 Å². The molecule has 1 aromatic rings. The molecule has 0 aliphatic carbocycles. The first kappa shape index (κ1) is 27.2. The fraction of sp³-hybridized carbons (Fsp3) is 0.652. The van der Waals surface area contributed by atoms with Crippen LogP contribution in [-0.2, 0) is 21.2 Å². The molecule has 1 aromatic carbocycles. The summed E-state index contributed by atoms with van der Waals surface area (Å²) in [5.74, 6) is -0.531. The van der Waals surface area contributed by atoms with Crippen LogP contribution in [0.5, 0.6) is 0 Å². The standard InChI is InChI=1S/C23H38N6O5S/c1-14-8-10-29(18(12-14)22(31)32)21(30)17(6-4-9-26-23(24)25)28-35(33,34)19-7-3-5-16-11-15(2)13-27-20(16)19/h3,5,7,14-15,17-18,21,27-28,30H,4,6,8-13H2,1-2H3,(H,31,32)(H4,24,25,26)/t14-,15-,17+,18-,21+/m1/s1. The average Bonchev–Trinajstić information content (AvgIpc) is 2.79. The number of fused-ring (bicyclic) bond motifs is 1. The molecule has 5 atom stereocenters. The van der Waals surface area contributed by atoms with E-state index in [1.54, 1.807) is 6.07 Å². The first-order chi connectivity index (χ1) is 16.5. The number of carboxylic acids is 1. The highest BCUT2D eigenvalue weighted by atomic mass is 32.2. The Balaban J connectivity index is 1.87. The molecule has 0 aromatic heterocycles. The Hall–Kier alpha value is -2.41. The molecule has 0 unspecified atom stereocenters. The molecule has 0 bridgehead atoms. The van der Waals surface area contributed by atoms with Gasteiger partial charge < -0.3 is 27.0 Å². The number of hydrogen-bond acceptors (Lipinski definition) is 7. The summed E-state index contributed by atoms with van der Waals surface area (Å²) in [4.78, 5) is 17.5. The molecule has 11 nitrogen and oxygen atoms in total. The van der Waals surface area contributed by atoms with Gasteiger partial charge in [0.2, 0.25) is 10.0 Å². The van der Waals surface area contributed by atoms with E-state index in [1.165, 1.54) is 11.0 Å². The fourth-order valence-corrected chi connectivity index (χ4v) is 6.39. The van der Waals surface area contributed by atoms with Crippen molar-refractivity contribution in [3.63, 3.8) is 0 Å². The SMILES string of the molecule is C[C@@H]1CCN([C@@H](O)[C@H](CCCN=C(N)N)NS(=O)(=O)c2cccc3c2NC[C@H](C)C3)[C@@H](C(=O)O)C1. The van der Waals surface area contributed by atoms with Crippen molar-refractivity contribution in [3.8, 4) is 0 Å². The summed E-state index contributed by atoms with van der Waals surface area (Å²) < 4.78 is 29.7. The van der Waals surface area contributed by atoms with Gasteiger partial charge in [-0.2, -0.15) is 0 Å². The number of carbonyl (C=O) groups is 1. The lowest BCUT2D eigenvalue weighted by molar-refractivity contribution is -0.153. The lowest BCUT2D eigenvalue weighted by Crippen LogP contribution is -2.59. The third-order valence-electron chi connectivity index (χ3n) is 6.76. The average molecular weight is 511 g/mol. The van der Waals surface area contributed by atoms with Crippen molar-refractivity contribution in [1.29, 1.82) is 0 Å². The zero-order chi connectivity index (χ0) is 25.8. The van der Waals surface area contributed by atoms with Crippen LogP contribution >= 0.6 is 0 Å². The maximum atomic E-state index is 13.5. The summed E-state index contributed by atoms with van der Waals surface area (Å²) in [6, 6.07) is 3.30. The van der Waals surface area contributed by atoms with Crippen molar-refractivity contribution < 1.29 is 23.4 Å². The number of nitrogens with one attached hydrogen (secondary N) is 2. The van der Waals surface area contributed by atoms with Crippen LogP contribution in [0, 0.1) is 11.8 Å². The fourth-order valence-electron chi connectivity index (χ4n) is 4.90. The Morgan fingerprint density at radius 1 is 1.31 bits per heavy atom. The number of likely N-dealkylation sites (tertiary alicyclic amines) is 1. The van der Waals surface area contributed by atoms with Gasteiger partial charge in [0.1, 0.15) is 17.2 Å². The summed E-state index contributed by atoms with van der Waals surface area (Å²) in [7, 11) is -4.04. The van der Waals surface area contributed by atoms with Gasteiger partial charge in [-0.15, -0.1) is 0 Å². The van der Waals surface area contributed by atoms with E-state index in [9.17, 15) is 23.4 Å². The second kappa shape index (κ2) is 11.5. The summed E-state index contributed by atoms with van der Waals surface area (Å²) in [5, 5.41) is 24.2. The summed E-state index contributed by atoms with van der Waals surface area (Å²) >= 11 is 0. The van der Waals surface area contributed by atoms with E-state index >= 15 is 0 Å². The number of rotatable bonds is 10. The number of benzene rings is 1. The van der Waals surface area contributed by atoms with Gasteiger partial charge in [0.15, 0.2) is 5.96 Å². The van der Waals surface area contributed by atoms with Gasteiger partial charge in [-0.1, -0.05) is 26.0 Å². The summed E-state index contributed by atoms with van der Waals surface area (Å²) in [6.45, 7) is 5.34. The smallest absolute Gasteiger partial charge is 0.321 e. The maximum absolute atomic E-state index is 13.5. The van der Waals surface area contributed by atoms with E-state index in [1.807, 2.05) is 13.0 Å². The molecule has 2 aliphatic heterocycles. The zero-order valence-corrected chi connectivity index (χ0v) is 21.2. The number of aliphatic hydroxyl groups excluding tert-OH is 1. The first-order valence-electron chi connectivity index (χ1n) is 12.1. The first-order valence-corrected chi connectivity index (χ1v) is 13.6. The minimum atomic E-state index is -4.04. The predicted molar refractivity (Wildman–Crippen MR) is 134 cm³/mol. The summed E-state index contributed by atoms with van der Waals surface area (Å²) in [5.41, 5.74) is 12.3. The van der Waals surface area contributed by atoms with Gasteiger partial charge >= 0.3 is 5.97 Å². The van der Waals surface area contributed by atoms with Crippen molar-refractivity contribution >= 4 is 27.6 Å². The van der Waals surface area contributed by atoms with E-state index in [0.29, 0.717) is 44.0 Å². The normalized spacial score (nSPS) is 24.6. The number of aliphatic hydroxyl groups is 1. The largest absolute Gasteiger partial charge is 0.480 e. The lowest BCUT2D eigenvalue weighted by atomic mass is 9.91. The van der Waals surface area contributed by atoms with Crippen LogP contribution < -0.4 is 21.5 Å². The Morgan fingerprint density at radius 2 is 2.06 bits per heavy atom. The van der Waals surface area contributed by atoms with Crippen LogP contribution in [0.2, 0.25) is 0 Å². The van der Waals surface area contributed by atoms with E-state index in [4.69, 9.17) is 11.5 Å². The van der Waals surface area contributed by atoms with Crippen LogP contribution in [-0.4, -0.2) is 73.4 Å². The van der Waals surface area contributed by atoms with Crippen molar-refractivity contribution in [3.05, 3.63) is 23.8 Å². The molecule has 12 heteroatoms. The number of anilines is 1. The maximum Gasteiger partial charge on any atom is 0.321 e. The van der Waals surface area contributed by atoms with Gasteiger partial charge in [0.25, 0.3) is 0 Å². The molecular weight excluding hydrogens is 472 g/mol. The Labute approximate surface area is 207 Å². The predicted octanol–water partition coefficient (Wildman–Crippen LogP) is 0.495. The second-order valence-corrected chi connectivity index (χ2v) is 11.5. The molecule has 0 radical (unpaired) electrons. The topological polar surface area (TPSA) is 183 Å². The third-order valence-corrected chi connectivity index (χ3v) is 8.29. The minimum absolute atomic E-state index is 0.0742. The van der Waals surface area contributed by atoms with E-state index in [2.05, 4.69) is 22.0 Å². The number of carboxylic acid groups (broad SMARTS) is 1. The number of hydrogen-bond donors (Lipinski definition) is 6. The molecule has 1 fully saturated rings. The van der Waals surface area contributed by atoms with Gasteiger partial charge in [0, 0.05) is 19.6 Å². The molecule has 2 heterocycles. The number of aliphatic carboxylic acids is 1. The Bertz CT molecular complexity index is 1030. The highest BCUT2D eigenvalue weighted by Crippen LogP contribution is 2.32. The molecule has 35 heavy (non-hydrogen) atoms. The van der Waals surface area contributed by atoms with Crippen molar-refractivity contribution in [2.75, 3.05) is 25.0 Å². The Morgan fingerprint density at radius 3 is 2.74 bits per heavy atom. The van der Waals surface area contributed by atoms with Crippen LogP contribution in [0.25, 0.3) is 0 Å². The van der Waals surface area contributed by atoms with Crippen molar-refractivity contribution in [1.82, 2.24) is 9.62 Å².